The van der Waals surface area contributed by atoms with Crippen LogP contribution in [0.25, 0.3) is 11.1 Å². The SMILES string of the molecule is O=C(O)[C@@H]1CC[C@H](c2ccccc2Cl)N1C(=O)c1ccc(-c2ccccc2O)cc1. The summed E-state index contributed by atoms with van der Waals surface area (Å²) in [5.41, 5.74) is 2.57. The quantitative estimate of drug-likeness (QED) is 0.611. The van der Waals surface area contributed by atoms with Crippen LogP contribution >= 0.6 is 11.6 Å². The standard InChI is InChI=1S/C24H20ClNO4/c25-19-7-3-1-6-18(19)20-13-14-21(24(29)30)26(20)23(28)16-11-9-15(10-12-16)17-5-2-4-8-22(17)27/h1-12,20-21,27H,13-14H2,(H,29,30)/t20-,21+/m1/s1. The van der Waals surface area contributed by atoms with Crippen LogP contribution in [0, 0.1) is 0 Å². The van der Waals surface area contributed by atoms with Crippen LogP contribution in [0.2, 0.25) is 5.02 Å². The number of phenols is 1. The summed E-state index contributed by atoms with van der Waals surface area (Å²) in [6.07, 6.45) is 0.898. The van der Waals surface area contributed by atoms with Crippen LogP contribution in [0.5, 0.6) is 5.75 Å². The van der Waals surface area contributed by atoms with Gasteiger partial charge in [0, 0.05) is 16.1 Å². The molecule has 0 bridgehead atoms. The molecular weight excluding hydrogens is 402 g/mol. The number of hydrogen-bond acceptors (Lipinski definition) is 3. The zero-order valence-corrected chi connectivity index (χ0v) is 16.8. The fourth-order valence-electron chi connectivity index (χ4n) is 4.05. The molecule has 5 nitrogen and oxygen atoms in total. The van der Waals surface area contributed by atoms with Crippen molar-refractivity contribution in [2.75, 3.05) is 0 Å². The lowest BCUT2D eigenvalue weighted by atomic mass is 10.0. The maximum Gasteiger partial charge on any atom is 0.326 e. The van der Waals surface area contributed by atoms with Gasteiger partial charge in [0.15, 0.2) is 0 Å². The second-order valence-electron chi connectivity index (χ2n) is 7.28. The van der Waals surface area contributed by atoms with Crippen molar-refractivity contribution < 1.29 is 19.8 Å². The summed E-state index contributed by atoms with van der Waals surface area (Å²) in [5.74, 6) is -1.22. The Kier molecular flexibility index (Phi) is 5.46. The predicted octanol–water partition coefficient (Wildman–Crippen LogP) is 5.14. The molecule has 2 atom stereocenters. The molecule has 4 rings (SSSR count). The van der Waals surface area contributed by atoms with Gasteiger partial charge in [-0.3, -0.25) is 4.79 Å². The van der Waals surface area contributed by atoms with Gasteiger partial charge in [-0.25, -0.2) is 4.79 Å². The third kappa shape index (κ3) is 3.64. The van der Waals surface area contributed by atoms with Crippen molar-refractivity contribution in [3.8, 4) is 16.9 Å². The summed E-state index contributed by atoms with van der Waals surface area (Å²) in [6.45, 7) is 0. The number of aliphatic carboxylic acids is 1. The summed E-state index contributed by atoms with van der Waals surface area (Å²) in [5, 5.41) is 20.2. The lowest BCUT2D eigenvalue weighted by Crippen LogP contribution is -2.41. The largest absolute Gasteiger partial charge is 0.507 e. The molecule has 1 amide bonds. The van der Waals surface area contributed by atoms with Gasteiger partial charge in [0.2, 0.25) is 0 Å². The number of carbonyl (C=O) groups excluding carboxylic acids is 1. The fourth-order valence-corrected chi connectivity index (χ4v) is 4.31. The van der Waals surface area contributed by atoms with Gasteiger partial charge in [-0.15, -0.1) is 0 Å². The first-order chi connectivity index (χ1) is 14.5. The number of amides is 1. The summed E-state index contributed by atoms with van der Waals surface area (Å²) in [6, 6.07) is 19.7. The Labute approximate surface area is 179 Å². The molecule has 6 heteroatoms. The van der Waals surface area contributed by atoms with Crippen LogP contribution in [0.15, 0.2) is 72.8 Å². The van der Waals surface area contributed by atoms with Crippen LogP contribution in [-0.4, -0.2) is 33.0 Å². The Balaban J connectivity index is 1.68. The number of para-hydroxylation sites is 1. The molecule has 3 aromatic rings. The van der Waals surface area contributed by atoms with E-state index in [1.165, 1.54) is 4.90 Å². The van der Waals surface area contributed by atoms with Gasteiger partial charge in [0.25, 0.3) is 5.91 Å². The number of rotatable bonds is 4. The highest BCUT2D eigenvalue weighted by Gasteiger charge is 2.42. The maximum absolute atomic E-state index is 13.3. The van der Waals surface area contributed by atoms with E-state index >= 15 is 0 Å². The monoisotopic (exact) mass is 421 g/mol. The molecule has 0 aromatic heterocycles. The van der Waals surface area contributed by atoms with E-state index in [4.69, 9.17) is 11.6 Å². The topological polar surface area (TPSA) is 77.8 Å². The highest BCUT2D eigenvalue weighted by Crippen LogP contribution is 2.40. The van der Waals surface area contributed by atoms with Crippen molar-refractivity contribution in [2.45, 2.75) is 24.9 Å². The number of carboxylic acid groups (broad SMARTS) is 1. The van der Waals surface area contributed by atoms with E-state index in [9.17, 15) is 19.8 Å². The van der Waals surface area contributed by atoms with E-state index in [1.807, 2.05) is 18.2 Å². The van der Waals surface area contributed by atoms with Crippen LogP contribution in [0.1, 0.15) is 34.8 Å². The zero-order chi connectivity index (χ0) is 21.3. The van der Waals surface area contributed by atoms with Gasteiger partial charge in [-0.2, -0.15) is 0 Å². The second-order valence-corrected chi connectivity index (χ2v) is 7.68. The van der Waals surface area contributed by atoms with Gasteiger partial charge >= 0.3 is 5.97 Å². The van der Waals surface area contributed by atoms with E-state index in [1.54, 1.807) is 54.6 Å². The molecule has 0 aliphatic carbocycles. The van der Waals surface area contributed by atoms with E-state index < -0.39 is 18.1 Å². The normalized spacial score (nSPS) is 18.4. The smallest absolute Gasteiger partial charge is 0.326 e. The Morgan fingerprint density at radius 1 is 0.900 bits per heavy atom. The Morgan fingerprint density at radius 2 is 1.57 bits per heavy atom. The van der Waals surface area contributed by atoms with Gasteiger partial charge in [-0.05, 0) is 48.2 Å². The van der Waals surface area contributed by atoms with Crippen LogP contribution < -0.4 is 0 Å². The Morgan fingerprint density at radius 3 is 2.23 bits per heavy atom. The number of carbonyl (C=O) groups is 2. The molecule has 1 aliphatic rings. The lowest BCUT2D eigenvalue weighted by Gasteiger charge is -2.29. The third-order valence-electron chi connectivity index (χ3n) is 5.52. The zero-order valence-electron chi connectivity index (χ0n) is 16.0. The summed E-state index contributed by atoms with van der Waals surface area (Å²) in [4.78, 5) is 26.6. The van der Waals surface area contributed by atoms with Crippen molar-refractivity contribution in [3.63, 3.8) is 0 Å². The first-order valence-electron chi connectivity index (χ1n) is 9.65. The minimum absolute atomic E-state index is 0.154. The first-order valence-corrected chi connectivity index (χ1v) is 10.0. The lowest BCUT2D eigenvalue weighted by molar-refractivity contribution is -0.141. The number of hydrogen-bond donors (Lipinski definition) is 2. The molecule has 0 unspecified atom stereocenters. The van der Waals surface area contributed by atoms with Crippen LogP contribution in [0.4, 0.5) is 0 Å². The molecule has 0 radical (unpaired) electrons. The van der Waals surface area contributed by atoms with E-state index in [0.29, 0.717) is 29.0 Å². The minimum Gasteiger partial charge on any atom is -0.507 e. The van der Waals surface area contributed by atoms with E-state index in [2.05, 4.69) is 0 Å². The summed E-state index contributed by atoms with van der Waals surface area (Å²) < 4.78 is 0. The molecule has 0 saturated carbocycles. The third-order valence-corrected chi connectivity index (χ3v) is 5.86. The van der Waals surface area contributed by atoms with Gasteiger partial charge in [-0.1, -0.05) is 60.1 Å². The van der Waals surface area contributed by atoms with Crippen molar-refractivity contribution in [3.05, 3.63) is 88.9 Å². The maximum atomic E-state index is 13.3. The Bertz CT molecular complexity index is 1100. The number of phenolic OH excluding ortho intramolecular Hbond substituents is 1. The van der Waals surface area contributed by atoms with E-state index in [-0.39, 0.29) is 11.7 Å². The second kappa shape index (κ2) is 8.20. The molecule has 152 valence electrons. The van der Waals surface area contributed by atoms with Gasteiger partial charge in [0.05, 0.1) is 6.04 Å². The van der Waals surface area contributed by atoms with Crippen molar-refractivity contribution in [1.29, 1.82) is 0 Å². The number of likely N-dealkylation sites (tertiary alicyclic amines) is 1. The number of halogens is 1. The van der Waals surface area contributed by atoms with Crippen molar-refractivity contribution in [2.24, 2.45) is 0 Å². The summed E-state index contributed by atoms with van der Waals surface area (Å²) in [7, 11) is 0. The minimum atomic E-state index is -1.02. The number of nitrogens with zero attached hydrogens (tertiary/aromatic N) is 1. The average Bonchev–Trinajstić information content (AvgIpc) is 3.19. The van der Waals surface area contributed by atoms with E-state index in [0.717, 1.165) is 11.1 Å². The molecule has 2 N–H and O–H groups in total. The fraction of sp³-hybridized carbons (Fsp3) is 0.167. The Hall–Kier alpha value is -3.31. The predicted molar refractivity (Wildman–Crippen MR) is 115 cm³/mol. The highest BCUT2D eigenvalue weighted by molar-refractivity contribution is 6.31. The molecule has 1 aliphatic heterocycles. The molecule has 30 heavy (non-hydrogen) atoms. The van der Waals surface area contributed by atoms with Crippen molar-refractivity contribution in [1.82, 2.24) is 4.90 Å². The number of aromatic hydroxyl groups is 1. The molecule has 1 saturated heterocycles. The molecular formula is C24H20ClNO4. The number of benzene rings is 3. The highest BCUT2D eigenvalue weighted by atomic mass is 35.5. The van der Waals surface area contributed by atoms with Crippen molar-refractivity contribution >= 4 is 23.5 Å². The molecule has 0 spiro atoms. The number of carboxylic acids is 1. The summed E-state index contributed by atoms with van der Waals surface area (Å²) >= 11 is 6.34. The van der Waals surface area contributed by atoms with Crippen LogP contribution in [0.3, 0.4) is 0 Å². The molecule has 1 heterocycles. The van der Waals surface area contributed by atoms with Crippen LogP contribution in [-0.2, 0) is 4.79 Å². The van der Waals surface area contributed by atoms with Gasteiger partial charge < -0.3 is 15.1 Å². The molecule has 3 aromatic carbocycles. The van der Waals surface area contributed by atoms with Gasteiger partial charge in [0.1, 0.15) is 11.8 Å². The average molecular weight is 422 g/mol. The molecule has 1 fully saturated rings. The first kappa shape index (κ1) is 20.0.